The van der Waals surface area contributed by atoms with Crippen molar-refractivity contribution in [2.45, 2.75) is 416 Å². The second kappa shape index (κ2) is 35.4. The van der Waals surface area contributed by atoms with Gasteiger partial charge in [0.15, 0.2) is 0 Å². The molecule has 0 heterocycles. The fourth-order valence-electron chi connectivity index (χ4n) is 34.5. The molecule has 25 unspecified atom stereocenters. The molecule has 113 heavy (non-hydrogen) atoms. The van der Waals surface area contributed by atoms with E-state index in [2.05, 4.69) is 104 Å². The predicted molar refractivity (Wildman–Crippen MR) is 454 cm³/mol. The predicted octanol–water partition coefficient (Wildman–Crippen LogP) is 25.9. The maximum absolute atomic E-state index is 13.4. The molecule has 0 saturated heterocycles. The molecule has 18 bridgehead atoms. The molecule has 20 aliphatic carbocycles. The second-order valence-electron chi connectivity index (χ2n) is 45.5. The van der Waals surface area contributed by atoms with E-state index in [1.807, 2.05) is 20.8 Å². The molecule has 25 atom stereocenters. The Bertz CT molecular complexity index is 3140. The molecular weight excluding hydrogens is 1400 g/mol. The number of ether oxygens (including phenoxy) is 5. The molecule has 0 aliphatic heterocycles. The van der Waals surface area contributed by atoms with Gasteiger partial charge >= 0.3 is 29.8 Å². The molecule has 10 nitrogen and oxygen atoms in total. The molecule has 20 saturated carbocycles. The first-order valence-corrected chi connectivity index (χ1v) is 50.2. The SMILES string of the molecule is CCC1C2CC(C(=O)OC(C)(C)C)C(C2)C1CC.CCC1C2CC(C(=O)OC(C)(C)C3CCCCC3)C(C2)C1CC.CCC1C2CC(C(=O)OC3(C)C4CC5CC(C4)CC3C5)C(C2)C1CC.CCC1C2CC(C(=O)OC3(C)CCCCC3)C(C2)C1CC.CCC1C2CC(C(=O)OC3(CC)C4CC5CC(C4)CC3C5)C(C2)C1CC. The van der Waals surface area contributed by atoms with Gasteiger partial charge in [-0.05, 0) is 393 Å². The van der Waals surface area contributed by atoms with Crippen LogP contribution >= 0.6 is 0 Å². The third-order valence-corrected chi connectivity index (χ3v) is 39.1. The molecule has 20 aliphatic rings. The maximum Gasteiger partial charge on any atom is 0.309 e. The van der Waals surface area contributed by atoms with Crippen molar-refractivity contribution in [2.24, 2.45) is 201 Å². The zero-order chi connectivity index (χ0) is 80.5. The van der Waals surface area contributed by atoms with Crippen molar-refractivity contribution in [3.63, 3.8) is 0 Å². The normalized spacial score (nSPS) is 46.4. The van der Waals surface area contributed by atoms with Gasteiger partial charge in [-0.2, -0.15) is 0 Å². The Hall–Kier alpha value is -2.65. The van der Waals surface area contributed by atoms with Crippen LogP contribution in [-0.4, -0.2) is 57.9 Å². The summed E-state index contributed by atoms with van der Waals surface area (Å²) in [5.41, 5.74) is -1.02. The van der Waals surface area contributed by atoms with Crippen LogP contribution in [0.5, 0.6) is 0 Å². The maximum atomic E-state index is 13.4. The summed E-state index contributed by atoms with van der Waals surface area (Å²) in [6.07, 6.45) is 51.4. The second-order valence-corrected chi connectivity index (χ2v) is 45.5. The third-order valence-electron chi connectivity index (χ3n) is 39.1. The lowest BCUT2D eigenvalue weighted by Crippen LogP contribution is -2.60. The number of rotatable bonds is 21. The molecule has 0 aromatic heterocycles. The average molecular weight is 1570 g/mol. The minimum absolute atomic E-state index is 0.0583. The molecule has 0 amide bonds. The first kappa shape index (κ1) is 86.7. The molecule has 20 rings (SSSR count). The van der Waals surface area contributed by atoms with Gasteiger partial charge < -0.3 is 23.7 Å². The standard InChI is InChI=1S/C24H38O2.C23H36O2.C21H36O2.C19H32O2.C16H28O2/c1-4-19-16-12-21(20(19)5-2)22(13-16)23(25)26-24(6-3)17-8-14-7-15(10-17)11-18(24)9-14;1-4-18-15-11-20(19(18)5-2)21(12-15)22(24)25-23(3)16-7-13-6-14(9-16)10-17(23)8-13;1-5-16-14-12-18(17(16)6-2)19(13-14)20(22)23-21(3,4)15-10-8-7-9-11-15;1-4-14-13-11-16(15(14)5-2)17(12-13)18(20)21-19(3)9-7-6-8-10-19;1-6-11-10-8-13(12(11)7-2)14(9-10)15(17)18-16(3,4)5/h14-22H,4-13H2,1-3H3;13-21H,4-12H2,1-3H3;14-19H,5-13H2,1-4H3;13-17H,4-12H2,1-3H3;10-14H,6-9H2,1-5H3. The summed E-state index contributed by atoms with van der Waals surface area (Å²) in [6, 6.07) is 0. The van der Waals surface area contributed by atoms with Crippen molar-refractivity contribution in [1.82, 2.24) is 0 Å². The molecule has 0 aromatic carbocycles. The van der Waals surface area contributed by atoms with E-state index in [1.54, 1.807) is 0 Å². The van der Waals surface area contributed by atoms with E-state index in [9.17, 15) is 24.0 Å². The third kappa shape index (κ3) is 16.9. The summed E-state index contributed by atoms with van der Waals surface area (Å²) < 4.78 is 30.9. The van der Waals surface area contributed by atoms with Gasteiger partial charge in [0, 0.05) is 0 Å². The summed E-state index contributed by atoms with van der Waals surface area (Å²) >= 11 is 0. The number of fused-ring (bicyclic) bond motifs is 10. The van der Waals surface area contributed by atoms with E-state index in [4.69, 9.17) is 23.7 Å². The van der Waals surface area contributed by atoms with Crippen molar-refractivity contribution >= 4 is 29.8 Å². The zero-order valence-electron chi connectivity index (χ0n) is 75.7. The van der Waals surface area contributed by atoms with Crippen LogP contribution in [0.4, 0.5) is 0 Å². The quantitative estimate of drug-likeness (QED) is 0.0808. The van der Waals surface area contributed by atoms with Gasteiger partial charge in [-0.3, -0.25) is 24.0 Å². The molecule has 642 valence electrons. The van der Waals surface area contributed by atoms with Gasteiger partial charge in [0.2, 0.25) is 0 Å². The Morgan fingerprint density at radius 3 is 0.894 bits per heavy atom. The van der Waals surface area contributed by atoms with Crippen molar-refractivity contribution < 1.29 is 47.7 Å². The van der Waals surface area contributed by atoms with Crippen LogP contribution < -0.4 is 0 Å². The summed E-state index contributed by atoms with van der Waals surface area (Å²) in [5.74, 6) is 23.8. The van der Waals surface area contributed by atoms with Crippen LogP contribution in [0.25, 0.3) is 0 Å². The van der Waals surface area contributed by atoms with Crippen molar-refractivity contribution in [2.75, 3.05) is 0 Å². The Labute approximate surface area is 690 Å². The molecular formula is C103H170O10. The number of carbonyl (C=O) groups is 5. The lowest BCUT2D eigenvalue weighted by Gasteiger charge is -2.60. The highest BCUT2D eigenvalue weighted by Gasteiger charge is 2.64. The van der Waals surface area contributed by atoms with Gasteiger partial charge in [-0.15, -0.1) is 0 Å². The van der Waals surface area contributed by atoms with Crippen molar-refractivity contribution in [3.8, 4) is 0 Å². The van der Waals surface area contributed by atoms with Gasteiger partial charge in [0.1, 0.15) is 28.0 Å². The fraction of sp³-hybridized carbons (Fsp3) is 0.951. The average Bonchev–Trinajstić information content (AvgIpc) is 1.71. The highest BCUT2D eigenvalue weighted by Crippen LogP contribution is 2.67. The van der Waals surface area contributed by atoms with E-state index < -0.39 is 0 Å². The Balaban J connectivity index is 0.000000118. The smallest absolute Gasteiger partial charge is 0.309 e. The van der Waals surface area contributed by atoms with E-state index >= 15 is 0 Å². The lowest BCUT2D eigenvalue weighted by atomic mass is 9.49. The summed E-state index contributed by atoms with van der Waals surface area (Å²) in [5, 5.41) is 0. The highest BCUT2D eigenvalue weighted by atomic mass is 16.6. The van der Waals surface area contributed by atoms with E-state index in [0.29, 0.717) is 59.2 Å². The topological polar surface area (TPSA) is 132 Å². The molecule has 10 heteroatoms. The number of carbonyl (C=O) groups excluding carboxylic acids is 5. The van der Waals surface area contributed by atoms with Crippen LogP contribution in [-0.2, 0) is 47.7 Å². The van der Waals surface area contributed by atoms with Crippen LogP contribution in [0.15, 0.2) is 0 Å². The van der Waals surface area contributed by atoms with E-state index in [0.717, 1.165) is 164 Å². The Kier molecular flexibility index (Phi) is 27.2. The minimum atomic E-state index is -0.342. The molecule has 0 aromatic rings. The number of hydrogen-bond acceptors (Lipinski definition) is 10. The summed E-state index contributed by atoms with van der Waals surface area (Å²) in [7, 11) is 0. The summed E-state index contributed by atoms with van der Waals surface area (Å²) in [6.45, 7) is 40.1. The molecule has 0 spiro atoms. The van der Waals surface area contributed by atoms with Gasteiger partial charge in [0.05, 0.1) is 29.6 Å². The zero-order valence-corrected chi connectivity index (χ0v) is 75.7. The molecule has 0 radical (unpaired) electrons. The van der Waals surface area contributed by atoms with Gasteiger partial charge in [0.25, 0.3) is 0 Å². The van der Waals surface area contributed by atoms with Crippen molar-refractivity contribution in [1.29, 1.82) is 0 Å². The number of esters is 5. The Morgan fingerprint density at radius 1 is 0.301 bits per heavy atom. The van der Waals surface area contributed by atoms with Crippen molar-refractivity contribution in [3.05, 3.63) is 0 Å². The molecule has 0 N–H and O–H groups in total. The highest BCUT2D eigenvalue weighted by molar-refractivity contribution is 5.76. The monoisotopic (exact) mass is 1570 g/mol. The molecule has 20 fully saturated rings. The largest absolute Gasteiger partial charge is 0.460 e. The van der Waals surface area contributed by atoms with Crippen LogP contribution in [0, 0.1) is 201 Å². The fourth-order valence-corrected chi connectivity index (χ4v) is 34.5. The minimum Gasteiger partial charge on any atom is -0.460 e. The van der Waals surface area contributed by atoms with Crippen LogP contribution in [0.2, 0.25) is 0 Å². The lowest BCUT2D eigenvalue weighted by molar-refractivity contribution is -0.216. The number of hydrogen-bond donors (Lipinski definition) is 0. The van der Waals surface area contributed by atoms with Gasteiger partial charge in [-0.25, -0.2) is 0 Å². The Morgan fingerprint density at radius 2 is 0.584 bits per heavy atom. The van der Waals surface area contributed by atoms with E-state index in [1.165, 1.54) is 212 Å². The summed E-state index contributed by atoms with van der Waals surface area (Å²) in [4.78, 5) is 64.6. The van der Waals surface area contributed by atoms with Gasteiger partial charge in [-0.1, -0.05) is 166 Å². The van der Waals surface area contributed by atoms with E-state index in [-0.39, 0.29) is 87.4 Å². The first-order chi connectivity index (χ1) is 54.0. The first-order valence-electron chi connectivity index (χ1n) is 50.2. The van der Waals surface area contributed by atoms with Crippen LogP contribution in [0.1, 0.15) is 388 Å². The van der Waals surface area contributed by atoms with Crippen LogP contribution in [0.3, 0.4) is 0 Å².